The first kappa shape index (κ1) is 11.9. The standard InChI is InChI=1S/C16H23N3/c1-12-3-5-14(6-4-12)16-9-18-7-13(15(16)17-2)8-19(10-16)11-18/h3-6,13,15,17H,7-11H2,1-2H3. The van der Waals surface area contributed by atoms with Gasteiger partial charge in [0.1, 0.15) is 0 Å². The zero-order valence-electron chi connectivity index (χ0n) is 11.9. The van der Waals surface area contributed by atoms with E-state index >= 15 is 0 Å². The average molecular weight is 257 g/mol. The zero-order valence-corrected chi connectivity index (χ0v) is 11.9. The number of aryl methyl sites for hydroxylation is 1. The summed E-state index contributed by atoms with van der Waals surface area (Å²) in [5.41, 5.74) is 3.17. The molecule has 1 aromatic rings. The minimum atomic E-state index is 0.294. The lowest BCUT2D eigenvalue weighted by molar-refractivity contribution is -0.106. The van der Waals surface area contributed by atoms with Crippen LogP contribution in [0.3, 0.4) is 0 Å². The van der Waals surface area contributed by atoms with Crippen molar-refractivity contribution in [1.29, 1.82) is 0 Å². The number of likely N-dealkylation sites (N-methyl/N-ethyl adjacent to an activating group) is 1. The Kier molecular flexibility index (Phi) is 2.53. The molecule has 3 atom stereocenters. The van der Waals surface area contributed by atoms with Gasteiger partial charge >= 0.3 is 0 Å². The number of rotatable bonds is 2. The van der Waals surface area contributed by atoms with E-state index in [1.807, 2.05) is 0 Å². The number of benzene rings is 1. The smallest absolute Gasteiger partial charge is 0.0507 e. The molecule has 0 amide bonds. The van der Waals surface area contributed by atoms with Gasteiger partial charge < -0.3 is 5.32 Å². The van der Waals surface area contributed by atoms with Crippen LogP contribution in [0.4, 0.5) is 0 Å². The van der Waals surface area contributed by atoms with Gasteiger partial charge in [-0.25, -0.2) is 0 Å². The highest BCUT2D eigenvalue weighted by molar-refractivity contribution is 5.35. The van der Waals surface area contributed by atoms with E-state index in [9.17, 15) is 0 Å². The normalized spacial score (nSPS) is 43.7. The molecule has 102 valence electrons. The summed E-state index contributed by atoms with van der Waals surface area (Å²) in [5.74, 6) is 0.780. The minimum absolute atomic E-state index is 0.294. The van der Waals surface area contributed by atoms with Crippen molar-refractivity contribution in [3.8, 4) is 0 Å². The number of nitrogens with one attached hydrogen (secondary N) is 1. The molecule has 0 spiro atoms. The van der Waals surface area contributed by atoms with E-state index in [-0.39, 0.29) is 0 Å². The second-order valence-corrected chi connectivity index (χ2v) is 6.71. The van der Waals surface area contributed by atoms with E-state index in [1.165, 1.54) is 44.0 Å². The maximum Gasteiger partial charge on any atom is 0.0507 e. The molecule has 0 saturated carbocycles. The summed E-state index contributed by atoms with van der Waals surface area (Å²) in [6.07, 6.45) is 0. The Hall–Kier alpha value is -0.900. The molecule has 1 N–H and O–H groups in total. The number of piperidine rings is 2. The van der Waals surface area contributed by atoms with E-state index in [2.05, 4.69) is 53.4 Å². The largest absolute Gasteiger partial charge is 0.316 e. The van der Waals surface area contributed by atoms with Gasteiger partial charge in [0.05, 0.1) is 6.67 Å². The van der Waals surface area contributed by atoms with Crippen molar-refractivity contribution >= 4 is 0 Å². The third kappa shape index (κ3) is 1.62. The summed E-state index contributed by atoms with van der Waals surface area (Å²) in [5, 5.41) is 3.65. The third-order valence-corrected chi connectivity index (χ3v) is 5.40. The Morgan fingerprint density at radius 1 is 1.11 bits per heavy atom. The predicted molar refractivity (Wildman–Crippen MR) is 77.2 cm³/mol. The van der Waals surface area contributed by atoms with Crippen LogP contribution in [-0.4, -0.2) is 55.7 Å². The number of nitrogens with zero attached hydrogens (tertiary/aromatic N) is 2. The fourth-order valence-corrected chi connectivity index (χ4v) is 4.81. The van der Waals surface area contributed by atoms with E-state index < -0.39 is 0 Å². The molecule has 3 heteroatoms. The van der Waals surface area contributed by atoms with Gasteiger partial charge in [0.25, 0.3) is 0 Å². The summed E-state index contributed by atoms with van der Waals surface area (Å²) >= 11 is 0. The van der Waals surface area contributed by atoms with Gasteiger partial charge in [-0.1, -0.05) is 29.8 Å². The van der Waals surface area contributed by atoms with Gasteiger partial charge in [-0.3, -0.25) is 9.80 Å². The molecular formula is C16H23N3. The fraction of sp³-hybridized carbons (Fsp3) is 0.625. The molecule has 4 aliphatic rings. The van der Waals surface area contributed by atoms with E-state index in [0.29, 0.717) is 11.5 Å². The molecule has 0 aliphatic carbocycles. The summed E-state index contributed by atoms with van der Waals surface area (Å²) in [4.78, 5) is 5.29. The summed E-state index contributed by atoms with van der Waals surface area (Å²) in [6.45, 7) is 8.33. The highest BCUT2D eigenvalue weighted by Gasteiger charge is 2.56. The van der Waals surface area contributed by atoms with Gasteiger partial charge in [-0.05, 0) is 19.5 Å². The van der Waals surface area contributed by atoms with Crippen LogP contribution in [0.2, 0.25) is 0 Å². The van der Waals surface area contributed by atoms with Crippen LogP contribution < -0.4 is 5.32 Å². The van der Waals surface area contributed by atoms with Gasteiger partial charge in [-0.15, -0.1) is 0 Å². The maximum absolute atomic E-state index is 3.65. The summed E-state index contributed by atoms with van der Waals surface area (Å²) in [7, 11) is 2.15. The molecule has 4 bridgehead atoms. The molecular weight excluding hydrogens is 234 g/mol. The molecule has 3 unspecified atom stereocenters. The molecule has 5 rings (SSSR count). The van der Waals surface area contributed by atoms with Gasteiger partial charge in [0, 0.05) is 43.6 Å². The molecule has 1 aromatic carbocycles. The fourth-order valence-electron chi connectivity index (χ4n) is 4.81. The zero-order chi connectivity index (χ0) is 13.0. The van der Waals surface area contributed by atoms with Crippen molar-refractivity contribution in [2.75, 3.05) is 39.9 Å². The molecule has 4 heterocycles. The van der Waals surface area contributed by atoms with E-state index in [1.54, 1.807) is 0 Å². The van der Waals surface area contributed by atoms with Crippen LogP contribution in [0.25, 0.3) is 0 Å². The van der Waals surface area contributed by atoms with Crippen LogP contribution in [0.15, 0.2) is 24.3 Å². The highest BCUT2D eigenvalue weighted by atomic mass is 15.4. The minimum Gasteiger partial charge on any atom is -0.316 e. The molecule has 3 nitrogen and oxygen atoms in total. The van der Waals surface area contributed by atoms with Crippen molar-refractivity contribution in [1.82, 2.24) is 15.1 Å². The van der Waals surface area contributed by atoms with Crippen molar-refractivity contribution in [3.63, 3.8) is 0 Å². The van der Waals surface area contributed by atoms with Crippen LogP contribution in [-0.2, 0) is 5.41 Å². The highest BCUT2D eigenvalue weighted by Crippen LogP contribution is 2.44. The predicted octanol–water partition coefficient (Wildman–Crippen LogP) is 1.04. The first-order valence-corrected chi connectivity index (χ1v) is 7.40. The molecule has 0 aromatic heterocycles. The van der Waals surface area contributed by atoms with Crippen LogP contribution >= 0.6 is 0 Å². The van der Waals surface area contributed by atoms with Crippen molar-refractivity contribution < 1.29 is 0 Å². The van der Waals surface area contributed by atoms with Gasteiger partial charge in [0.15, 0.2) is 0 Å². The lowest BCUT2D eigenvalue weighted by atomic mass is 9.62. The molecule has 0 radical (unpaired) electrons. The van der Waals surface area contributed by atoms with Gasteiger partial charge in [0.2, 0.25) is 0 Å². The van der Waals surface area contributed by atoms with Crippen LogP contribution in [0.1, 0.15) is 11.1 Å². The molecule has 19 heavy (non-hydrogen) atoms. The van der Waals surface area contributed by atoms with Crippen molar-refractivity contribution in [2.24, 2.45) is 5.92 Å². The van der Waals surface area contributed by atoms with Crippen molar-refractivity contribution in [3.05, 3.63) is 35.4 Å². The topological polar surface area (TPSA) is 18.5 Å². The summed E-state index contributed by atoms with van der Waals surface area (Å²) < 4.78 is 0. The first-order valence-electron chi connectivity index (χ1n) is 7.40. The average Bonchev–Trinajstić information content (AvgIpc) is 2.38. The summed E-state index contributed by atoms with van der Waals surface area (Å²) in [6, 6.07) is 9.88. The van der Waals surface area contributed by atoms with Crippen molar-refractivity contribution in [2.45, 2.75) is 18.4 Å². The second-order valence-electron chi connectivity index (χ2n) is 6.71. The first-order chi connectivity index (χ1) is 9.21. The monoisotopic (exact) mass is 257 g/mol. The molecule has 4 aliphatic heterocycles. The van der Waals surface area contributed by atoms with Crippen LogP contribution in [0, 0.1) is 12.8 Å². The van der Waals surface area contributed by atoms with E-state index in [4.69, 9.17) is 0 Å². The maximum atomic E-state index is 3.65. The molecule has 4 fully saturated rings. The Labute approximate surface area is 115 Å². The number of hydrogen-bond donors (Lipinski definition) is 1. The van der Waals surface area contributed by atoms with Gasteiger partial charge in [-0.2, -0.15) is 0 Å². The van der Waals surface area contributed by atoms with Crippen LogP contribution in [0.5, 0.6) is 0 Å². The SMILES string of the molecule is CNC1C2CN3CN(C2)CC1(c1ccc(C)cc1)C3. The lowest BCUT2D eigenvalue weighted by Crippen LogP contribution is -2.77. The quantitative estimate of drug-likeness (QED) is 0.854. The number of hydrogen-bond acceptors (Lipinski definition) is 3. The Balaban J connectivity index is 1.79. The third-order valence-electron chi connectivity index (χ3n) is 5.40. The Morgan fingerprint density at radius 3 is 2.32 bits per heavy atom. The molecule has 4 saturated heterocycles. The second kappa shape index (κ2) is 4.05. The van der Waals surface area contributed by atoms with E-state index in [0.717, 1.165) is 5.92 Å². The Morgan fingerprint density at radius 2 is 1.74 bits per heavy atom. The lowest BCUT2D eigenvalue weighted by Gasteiger charge is -2.63. The Bertz CT molecular complexity index is 467.